The lowest BCUT2D eigenvalue weighted by molar-refractivity contribution is 0.0709. The molecule has 1 amide bonds. The lowest BCUT2D eigenvalue weighted by Gasteiger charge is -2.24. The van der Waals surface area contributed by atoms with Crippen LogP contribution in [0.1, 0.15) is 30.3 Å². The van der Waals surface area contributed by atoms with Gasteiger partial charge in [-0.25, -0.2) is 9.37 Å². The molecule has 2 aliphatic rings. The van der Waals surface area contributed by atoms with Crippen LogP contribution in [0.25, 0.3) is 10.4 Å². The van der Waals surface area contributed by atoms with Crippen molar-refractivity contribution in [3.63, 3.8) is 0 Å². The van der Waals surface area contributed by atoms with Gasteiger partial charge >= 0.3 is 0 Å². The van der Waals surface area contributed by atoms with Crippen molar-refractivity contribution in [3.05, 3.63) is 41.3 Å². The van der Waals surface area contributed by atoms with E-state index in [9.17, 15) is 9.18 Å². The summed E-state index contributed by atoms with van der Waals surface area (Å²) in [5.41, 5.74) is 3.05. The second kappa shape index (κ2) is 4.63. The average molecular weight is 302 g/mol. The van der Waals surface area contributed by atoms with Crippen molar-refractivity contribution in [1.29, 1.82) is 0 Å². The highest BCUT2D eigenvalue weighted by molar-refractivity contribution is 7.13. The van der Waals surface area contributed by atoms with Gasteiger partial charge in [-0.05, 0) is 43.4 Å². The lowest BCUT2D eigenvalue weighted by atomic mass is 10.1. The van der Waals surface area contributed by atoms with E-state index in [0.29, 0.717) is 23.7 Å². The molecule has 1 aliphatic carbocycles. The summed E-state index contributed by atoms with van der Waals surface area (Å²) >= 11 is 1.43. The molecule has 1 aromatic carbocycles. The molecule has 4 rings (SSSR count). The Labute approximate surface area is 126 Å². The van der Waals surface area contributed by atoms with Gasteiger partial charge in [-0.2, -0.15) is 0 Å². The standard InChI is InChI=1S/C16H15FN2OS/c1-9-6-11-7-13(11)19(9)16(20)14-15(21-8-18-14)10-2-4-12(17)5-3-10/h2-5,8-9,11,13H,6-7H2,1H3/t9-,11+,13-/m0/s1. The third-order valence-corrected chi connectivity index (χ3v) is 5.35. The molecule has 2 aromatic rings. The number of amides is 1. The van der Waals surface area contributed by atoms with Gasteiger partial charge in [0.1, 0.15) is 11.5 Å². The van der Waals surface area contributed by atoms with Crippen molar-refractivity contribution in [3.8, 4) is 10.4 Å². The van der Waals surface area contributed by atoms with Crippen LogP contribution in [0.15, 0.2) is 29.8 Å². The zero-order valence-corrected chi connectivity index (χ0v) is 12.4. The van der Waals surface area contributed by atoms with Gasteiger partial charge in [-0.15, -0.1) is 11.3 Å². The zero-order chi connectivity index (χ0) is 14.6. The molecule has 0 N–H and O–H groups in total. The molecule has 3 atom stereocenters. The highest BCUT2D eigenvalue weighted by Crippen LogP contribution is 2.48. The summed E-state index contributed by atoms with van der Waals surface area (Å²) in [5, 5.41) is 0. The number of nitrogens with zero attached hydrogens (tertiary/aromatic N) is 2. The van der Waals surface area contributed by atoms with Crippen LogP contribution in [0.2, 0.25) is 0 Å². The van der Waals surface area contributed by atoms with E-state index in [1.165, 1.54) is 23.5 Å². The van der Waals surface area contributed by atoms with Gasteiger partial charge in [0.25, 0.3) is 5.91 Å². The van der Waals surface area contributed by atoms with E-state index in [1.807, 2.05) is 4.90 Å². The first kappa shape index (κ1) is 13.0. The number of piperidine rings is 1. The second-order valence-corrected chi connectivity index (χ2v) is 6.75. The Morgan fingerprint density at radius 3 is 2.76 bits per heavy atom. The smallest absolute Gasteiger partial charge is 0.274 e. The van der Waals surface area contributed by atoms with Crippen LogP contribution in [0.3, 0.4) is 0 Å². The zero-order valence-electron chi connectivity index (χ0n) is 11.6. The molecule has 0 spiro atoms. The van der Waals surface area contributed by atoms with Gasteiger partial charge in [0.05, 0.1) is 10.4 Å². The number of halogens is 1. The lowest BCUT2D eigenvalue weighted by Crippen LogP contribution is -2.37. The molecule has 2 heterocycles. The number of hydrogen-bond acceptors (Lipinski definition) is 3. The first-order chi connectivity index (χ1) is 10.1. The van der Waals surface area contributed by atoms with Gasteiger partial charge in [0.2, 0.25) is 0 Å². The van der Waals surface area contributed by atoms with Crippen molar-refractivity contribution in [1.82, 2.24) is 9.88 Å². The molecule has 3 nitrogen and oxygen atoms in total. The van der Waals surface area contributed by atoms with Crippen LogP contribution in [0.5, 0.6) is 0 Å². The summed E-state index contributed by atoms with van der Waals surface area (Å²) in [5.74, 6) is 0.440. The first-order valence-corrected chi connectivity index (χ1v) is 8.05. The fourth-order valence-corrected chi connectivity index (χ4v) is 4.17. The molecule has 0 radical (unpaired) electrons. The normalized spacial score (nSPS) is 26.8. The predicted octanol–water partition coefficient (Wildman–Crippen LogP) is 3.57. The third kappa shape index (κ3) is 2.07. The van der Waals surface area contributed by atoms with E-state index in [1.54, 1.807) is 17.6 Å². The van der Waals surface area contributed by atoms with Crippen LogP contribution in [-0.2, 0) is 0 Å². The number of likely N-dealkylation sites (tertiary alicyclic amines) is 1. The SMILES string of the molecule is C[C@H]1C[C@@H]2C[C@@H]2N1C(=O)c1ncsc1-c1ccc(F)cc1. The van der Waals surface area contributed by atoms with Crippen LogP contribution < -0.4 is 0 Å². The van der Waals surface area contributed by atoms with E-state index in [-0.39, 0.29) is 11.7 Å². The molecular weight excluding hydrogens is 287 g/mol. The highest BCUT2D eigenvalue weighted by Gasteiger charge is 2.52. The van der Waals surface area contributed by atoms with Gasteiger partial charge in [-0.3, -0.25) is 4.79 Å². The average Bonchev–Trinajstić information content (AvgIpc) is 2.93. The molecule has 1 aliphatic heterocycles. The molecule has 1 aromatic heterocycles. The minimum Gasteiger partial charge on any atom is -0.331 e. The van der Waals surface area contributed by atoms with Crippen molar-refractivity contribution in [2.24, 2.45) is 5.92 Å². The number of benzene rings is 1. The van der Waals surface area contributed by atoms with Gasteiger partial charge in [-0.1, -0.05) is 12.1 Å². The van der Waals surface area contributed by atoms with Gasteiger partial charge < -0.3 is 4.90 Å². The fourth-order valence-electron chi connectivity index (χ4n) is 3.38. The van der Waals surface area contributed by atoms with E-state index in [2.05, 4.69) is 11.9 Å². The molecule has 5 heteroatoms. The van der Waals surface area contributed by atoms with Crippen LogP contribution in [-0.4, -0.2) is 27.9 Å². The predicted molar refractivity (Wildman–Crippen MR) is 79.7 cm³/mol. The maximum Gasteiger partial charge on any atom is 0.274 e. The Balaban J connectivity index is 1.68. The third-order valence-electron chi connectivity index (χ3n) is 4.47. The van der Waals surface area contributed by atoms with E-state index in [0.717, 1.165) is 23.3 Å². The molecule has 2 fully saturated rings. The quantitative estimate of drug-likeness (QED) is 0.849. The summed E-state index contributed by atoms with van der Waals surface area (Å²) < 4.78 is 13.1. The summed E-state index contributed by atoms with van der Waals surface area (Å²) in [6.45, 7) is 2.11. The van der Waals surface area contributed by atoms with Gasteiger partial charge in [0, 0.05) is 12.1 Å². The Hall–Kier alpha value is -1.75. The molecule has 1 saturated carbocycles. The molecule has 1 saturated heterocycles. The monoisotopic (exact) mass is 302 g/mol. The topological polar surface area (TPSA) is 33.2 Å². The number of thiazole rings is 1. The molecule has 0 unspecified atom stereocenters. The summed E-state index contributed by atoms with van der Waals surface area (Å²) in [4.78, 5) is 19.9. The minimum atomic E-state index is -0.273. The van der Waals surface area contributed by atoms with Crippen molar-refractivity contribution in [2.45, 2.75) is 31.8 Å². The van der Waals surface area contributed by atoms with Crippen molar-refractivity contribution in [2.75, 3.05) is 0 Å². The number of carbonyl (C=O) groups is 1. The number of aromatic nitrogens is 1. The van der Waals surface area contributed by atoms with Crippen LogP contribution in [0, 0.1) is 11.7 Å². The molecular formula is C16H15FN2OS. The second-order valence-electron chi connectivity index (χ2n) is 5.90. The van der Waals surface area contributed by atoms with E-state index in [4.69, 9.17) is 0 Å². The number of hydrogen-bond donors (Lipinski definition) is 0. The minimum absolute atomic E-state index is 0.0214. The van der Waals surface area contributed by atoms with Gasteiger partial charge in [0.15, 0.2) is 0 Å². The Morgan fingerprint density at radius 1 is 1.33 bits per heavy atom. The Kier molecular flexibility index (Phi) is 2.85. The molecule has 21 heavy (non-hydrogen) atoms. The Bertz CT molecular complexity index is 695. The highest BCUT2D eigenvalue weighted by atomic mass is 32.1. The molecule has 108 valence electrons. The maximum absolute atomic E-state index is 13.1. The van der Waals surface area contributed by atoms with Crippen LogP contribution >= 0.6 is 11.3 Å². The van der Waals surface area contributed by atoms with Crippen LogP contribution in [0.4, 0.5) is 4.39 Å². The number of fused-ring (bicyclic) bond motifs is 1. The first-order valence-electron chi connectivity index (χ1n) is 7.17. The van der Waals surface area contributed by atoms with E-state index >= 15 is 0 Å². The summed E-state index contributed by atoms with van der Waals surface area (Å²) in [6.07, 6.45) is 2.23. The van der Waals surface area contributed by atoms with Crippen molar-refractivity contribution < 1.29 is 9.18 Å². The number of carbonyl (C=O) groups excluding carboxylic acids is 1. The Morgan fingerprint density at radius 2 is 2.10 bits per heavy atom. The summed E-state index contributed by atoms with van der Waals surface area (Å²) in [7, 11) is 0. The van der Waals surface area contributed by atoms with E-state index < -0.39 is 0 Å². The fraction of sp³-hybridized carbons (Fsp3) is 0.375. The summed E-state index contributed by atoms with van der Waals surface area (Å²) in [6, 6.07) is 6.94. The number of rotatable bonds is 2. The largest absolute Gasteiger partial charge is 0.331 e. The van der Waals surface area contributed by atoms with Crippen molar-refractivity contribution >= 4 is 17.2 Å². The maximum atomic E-state index is 13.1. The molecule has 0 bridgehead atoms.